The fourth-order valence-electron chi connectivity index (χ4n) is 3.91. The second-order valence-corrected chi connectivity index (χ2v) is 8.20. The molecule has 1 aromatic rings. The van der Waals surface area contributed by atoms with Crippen molar-refractivity contribution in [2.45, 2.75) is 38.3 Å². The summed E-state index contributed by atoms with van der Waals surface area (Å²) in [5, 5.41) is 4.38. The molecule has 0 amide bonds. The average molecular weight is 379 g/mol. The van der Waals surface area contributed by atoms with Crippen molar-refractivity contribution in [3.63, 3.8) is 0 Å². The Balaban J connectivity index is 1.75. The maximum Gasteiger partial charge on any atom is 0.193 e. The van der Waals surface area contributed by atoms with E-state index in [1.807, 2.05) is 19.2 Å². The van der Waals surface area contributed by atoms with Crippen LogP contribution in [0.15, 0.2) is 29.3 Å². The highest BCUT2D eigenvalue weighted by Gasteiger charge is 2.32. The molecule has 2 aliphatic heterocycles. The Morgan fingerprint density at radius 3 is 2.54 bits per heavy atom. The second kappa shape index (κ2) is 8.59. The van der Waals surface area contributed by atoms with Gasteiger partial charge in [0.2, 0.25) is 0 Å². The predicted octanol–water partition coefficient (Wildman–Crippen LogP) is 3.16. The molecule has 2 heterocycles. The van der Waals surface area contributed by atoms with Crippen LogP contribution in [-0.2, 0) is 4.74 Å². The highest BCUT2D eigenvalue weighted by molar-refractivity contribution is 6.30. The standard InChI is InChI=1S/C20H31ClN4O/c1-20(2)15-25(12-13-26-20)18(16-6-8-17(21)9-7-16)14-23-19(22-3)24-10-4-5-11-24/h6-9,18H,4-5,10-15H2,1-3H3,(H,22,23). The number of nitrogens with zero attached hydrogens (tertiary/aromatic N) is 3. The van der Waals surface area contributed by atoms with Gasteiger partial charge < -0.3 is 15.0 Å². The van der Waals surface area contributed by atoms with Crippen molar-refractivity contribution in [1.29, 1.82) is 0 Å². The van der Waals surface area contributed by atoms with Crippen LogP contribution < -0.4 is 5.32 Å². The minimum atomic E-state index is -0.125. The molecule has 1 aromatic carbocycles. The van der Waals surface area contributed by atoms with Crippen molar-refractivity contribution in [3.8, 4) is 0 Å². The molecule has 0 saturated carbocycles. The first-order valence-corrected chi connectivity index (χ1v) is 9.95. The number of aliphatic imine (C=N–C) groups is 1. The van der Waals surface area contributed by atoms with Crippen LogP contribution in [-0.4, -0.2) is 67.7 Å². The van der Waals surface area contributed by atoms with Gasteiger partial charge in [-0.3, -0.25) is 9.89 Å². The van der Waals surface area contributed by atoms with Crippen LogP contribution in [0.5, 0.6) is 0 Å². The first-order valence-electron chi connectivity index (χ1n) is 9.57. The van der Waals surface area contributed by atoms with E-state index in [2.05, 4.69) is 46.1 Å². The maximum absolute atomic E-state index is 6.11. The zero-order valence-corrected chi connectivity index (χ0v) is 16.9. The largest absolute Gasteiger partial charge is 0.373 e. The molecule has 0 bridgehead atoms. The van der Waals surface area contributed by atoms with Crippen molar-refractivity contribution in [2.24, 2.45) is 4.99 Å². The fourth-order valence-corrected chi connectivity index (χ4v) is 4.04. The van der Waals surface area contributed by atoms with Crippen LogP contribution in [0.1, 0.15) is 38.3 Å². The Morgan fingerprint density at radius 2 is 1.92 bits per heavy atom. The highest BCUT2D eigenvalue weighted by Crippen LogP contribution is 2.27. The van der Waals surface area contributed by atoms with Crippen LogP contribution in [0.25, 0.3) is 0 Å². The third kappa shape index (κ3) is 4.90. The van der Waals surface area contributed by atoms with Crippen molar-refractivity contribution in [3.05, 3.63) is 34.9 Å². The van der Waals surface area contributed by atoms with E-state index < -0.39 is 0 Å². The summed E-state index contributed by atoms with van der Waals surface area (Å²) >= 11 is 6.11. The third-order valence-electron chi connectivity index (χ3n) is 5.22. The Bertz CT molecular complexity index is 611. The number of nitrogens with one attached hydrogen (secondary N) is 1. The van der Waals surface area contributed by atoms with Crippen molar-refractivity contribution in [1.82, 2.24) is 15.1 Å². The van der Waals surface area contributed by atoms with Gasteiger partial charge in [0, 0.05) is 44.8 Å². The summed E-state index contributed by atoms with van der Waals surface area (Å²) in [5.41, 5.74) is 1.15. The van der Waals surface area contributed by atoms with Crippen molar-refractivity contribution >= 4 is 17.6 Å². The van der Waals surface area contributed by atoms with E-state index in [1.54, 1.807) is 0 Å². The zero-order chi connectivity index (χ0) is 18.6. The smallest absolute Gasteiger partial charge is 0.193 e. The van der Waals surface area contributed by atoms with E-state index in [4.69, 9.17) is 16.3 Å². The van der Waals surface area contributed by atoms with Crippen LogP contribution in [0.3, 0.4) is 0 Å². The number of benzene rings is 1. The molecule has 0 radical (unpaired) electrons. The molecule has 1 unspecified atom stereocenters. The van der Waals surface area contributed by atoms with E-state index in [9.17, 15) is 0 Å². The van der Waals surface area contributed by atoms with Gasteiger partial charge in [-0.1, -0.05) is 23.7 Å². The molecule has 6 heteroatoms. The van der Waals surface area contributed by atoms with Gasteiger partial charge in [0.1, 0.15) is 0 Å². The van der Waals surface area contributed by atoms with Crippen LogP contribution >= 0.6 is 11.6 Å². The lowest BCUT2D eigenvalue weighted by atomic mass is 10.0. The molecule has 3 rings (SSSR count). The number of rotatable bonds is 4. The summed E-state index contributed by atoms with van der Waals surface area (Å²) in [6.07, 6.45) is 2.50. The maximum atomic E-state index is 6.11. The lowest BCUT2D eigenvalue weighted by molar-refractivity contribution is -0.0971. The van der Waals surface area contributed by atoms with Gasteiger partial charge in [-0.15, -0.1) is 0 Å². The lowest BCUT2D eigenvalue weighted by Gasteiger charge is -2.42. The Labute approximate surface area is 162 Å². The molecule has 2 fully saturated rings. The quantitative estimate of drug-likeness (QED) is 0.645. The van der Waals surface area contributed by atoms with Gasteiger partial charge in [-0.2, -0.15) is 0 Å². The summed E-state index contributed by atoms with van der Waals surface area (Å²) in [5.74, 6) is 1.01. The SMILES string of the molecule is CN=C(NCC(c1ccc(Cl)cc1)N1CCOC(C)(C)C1)N1CCCC1. The second-order valence-electron chi connectivity index (χ2n) is 7.77. The Morgan fingerprint density at radius 1 is 1.23 bits per heavy atom. The summed E-state index contributed by atoms with van der Waals surface area (Å²) in [4.78, 5) is 9.35. The van der Waals surface area contributed by atoms with Gasteiger partial charge >= 0.3 is 0 Å². The number of hydrogen-bond donors (Lipinski definition) is 1. The molecule has 0 aliphatic carbocycles. The number of hydrogen-bond acceptors (Lipinski definition) is 3. The first kappa shape index (κ1) is 19.5. The van der Waals surface area contributed by atoms with Gasteiger partial charge in [-0.25, -0.2) is 0 Å². The molecule has 26 heavy (non-hydrogen) atoms. The molecule has 2 aliphatic rings. The molecule has 0 spiro atoms. The summed E-state index contributed by atoms with van der Waals surface area (Å²) in [7, 11) is 1.87. The normalized spacial score (nSPS) is 22.5. The third-order valence-corrected chi connectivity index (χ3v) is 5.47. The summed E-state index contributed by atoms with van der Waals surface area (Å²) in [6, 6.07) is 8.48. The molecule has 5 nitrogen and oxygen atoms in total. The zero-order valence-electron chi connectivity index (χ0n) is 16.2. The first-order chi connectivity index (χ1) is 12.5. The summed E-state index contributed by atoms with van der Waals surface area (Å²) < 4.78 is 5.91. The van der Waals surface area contributed by atoms with Gasteiger partial charge in [0.15, 0.2) is 5.96 Å². The molecule has 0 aromatic heterocycles. The van der Waals surface area contributed by atoms with E-state index in [-0.39, 0.29) is 11.6 Å². The van der Waals surface area contributed by atoms with Crippen molar-refractivity contribution in [2.75, 3.05) is 46.4 Å². The fraction of sp³-hybridized carbons (Fsp3) is 0.650. The van der Waals surface area contributed by atoms with Gasteiger partial charge in [0.25, 0.3) is 0 Å². The van der Waals surface area contributed by atoms with Crippen LogP contribution in [0.2, 0.25) is 5.02 Å². The molecule has 1 atom stereocenters. The molecular weight excluding hydrogens is 348 g/mol. The summed E-state index contributed by atoms with van der Waals surface area (Å²) in [6.45, 7) is 9.93. The molecule has 2 saturated heterocycles. The van der Waals surface area contributed by atoms with E-state index in [0.717, 1.165) is 50.3 Å². The Hall–Kier alpha value is -1.30. The predicted molar refractivity (Wildman–Crippen MR) is 108 cm³/mol. The van der Waals surface area contributed by atoms with Crippen LogP contribution in [0, 0.1) is 0 Å². The topological polar surface area (TPSA) is 40.1 Å². The van der Waals surface area contributed by atoms with E-state index in [0.29, 0.717) is 0 Å². The average Bonchev–Trinajstić information content (AvgIpc) is 3.13. The Kier molecular flexibility index (Phi) is 6.43. The highest BCUT2D eigenvalue weighted by atomic mass is 35.5. The van der Waals surface area contributed by atoms with Crippen molar-refractivity contribution < 1.29 is 4.74 Å². The number of halogens is 1. The molecular formula is C20H31ClN4O. The van der Waals surface area contributed by atoms with E-state index in [1.165, 1.54) is 18.4 Å². The molecule has 1 N–H and O–H groups in total. The van der Waals surface area contributed by atoms with Crippen LogP contribution in [0.4, 0.5) is 0 Å². The van der Waals surface area contributed by atoms with E-state index >= 15 is 0 Å². The molecule has 144 valence electrons. The number of guanidine groups is 1. The lowest BCUT2D eigenvalue weighted by Crippen LogP contribution is -2.52. The number of likely N-dealkylation sites (tertiary alicyclic amines) is 1. The number of morpholine rings is 1. The van der Waals surface area contributed by atoms with Gasteiger partial charge in [-0.05, 0) is 44.4 Å². The minimum absolute atomic E-state index is 0.125. The minimum Gasteiger partial charge on any atom is -0.373 e. The monoisotopic (exact) mass is 378 g/mol. The van der Waals surface area contributed by atoms with Gasteiger partial charge in [0.05, 0.1) is 18.2 Å². The number of ether oxygens (including phenoxy) is 1.